The topological polar surface area (TPSA) is 66.2 Å². The van der Waals surface area contributed by atoms with E-state index in [1.54, 1.807) is 0 Å². The molecule has 0 fully saturated rings. The summed E-state index contributed by atoms with van der Waals surface area (Å²) in [6.07, 6.45) is -1.59. The van der Waals surface area contributed by atoms with Crippen LogP contribution in [0.15, 0.2) is 0 Å². The monoisotopic (exact) mass is 76.0 g/mol. The number of aliphatic hydroxyl groups excluding tert-OH is 1. The van der Waals surface area contributed by atoms with Crippen LogP contribution in [-0.2, 0) is 5.11 Å². The average Bonchev–Trinajstić information content (AvgIpc) is 1.38. The largest absolute Gasteiger partial charge is 0.365 e. The van der Waals surface area contributed by atoms with E-state index in [-0.39, 0.29) is 6.54 Å². The molecule has 1 atom stereocenters. The Hall–Kier alpha value is -0.120. The van der Waals surface area contributed by atoms with Crippen LogP contribution in [0.1, 0.15) is 0 Å². The third-order valence-corrected chi connectivity index (χ3v) is 0.202. The first-order valence-electron chi connectivity index (χ1n) is 1.31. The first-order chi connectivity index (χ1) is 2.27. The van der Waals surface area contributed by atoms with Gasteiger partial charge in [0.15, 0.2) is 0 Å². The lowest BCUT2D eigenvalue weighted by molar-refractivity contribution is -0.0828. The van der Waals surface area contributed by atoms with E-state index >= 15 is 0 Å². The second kappa shape index (κ2) is 2.14. The predicted molar refractivity (Wildman–Crippen MR) is 15.7 cm³/mol. The molecule has 0 spiro atoms. The molecule has 0 aliphatic heterocycles. The van der Waals surface area contributed by atoms with E-state index in [1.807, 2.05) is 0 Å². The molecule has 0 saturated heterocycles. The van der Waals surface area contributed by atoms with E-state index in [4.69, 9.17) is 5.11 Å². The van der Waals surface area contributed by atoms with Crippen LogP contribution in [0.2, 0.25) is 0 Å². The lowest BCUT2D eigenvalue weighted by Gasteiger charge is -1.86. The van der Waals surface area contributed by atoms with Crippen molar-refractivity contribution < 1.29 is 10.2 Å². The third kappa shape index (κ3) is 3.88. The minimum Gasteiger partial charge on any atom is -0.365 e. The van der Waals surface area contributed by atoms with Gasteiger partial charge in [0.05, 0.1) is 0 Å². The zero-order valence-corrected chi connectivity index (χ0v) is 2.72. The lowest BCUT2D eigenvalue weighted by Crippen LogP contribution is -2.16. The Balaban J connectivity index is 2.54. The number of nitrogens with two attached hydrogens (primary N) is 1. The zero-order valence-electron chi connectivity index (χ0n) is 2.72. The molecule has 0 saturated carbocycles. The van der Waals surface area contributed by atoms with Crippen LogP contribution in [0.3, 0.4) is 0 Å². The molecule has 0 rings (SSSR count). The summed E-state index contributed by atoms with van der Waals surface area (Å²) in [5, 5.41) is 17.0. The fourth-order valence-electron chi connectivity index (χ4n) is 0. The van der Waals surface area contributed by atoms with Crippen LogP contribution in [0, 0.1) is 0 Å². The van der Waals surface area contributed by atoms with Crippen LogP contribution in [0.5, 0.6) is 0 Å². The molecular weight excluding hydrogens is 70.0 g/mol. The summed E-state index contributed by atoms with van der Waals surface area (Å²) in [5.41, 5.74) is 4.61. The van der Waals surface area contributed by atoms with E-state index in [1.165, 1.54) is 0 Å². The SMILES string of the molecule is NCC([O])O. The Morgan fingerprint density at radius 3 is 2.20 bits per heavy atom. The molecule has 0 aliphatic rings. The van der Waals surface area contributed by atoms with Crippen molar-refractivity contribution in [2.24, 2.45) is 5.73 Å². The summed E-state index contributed by atoms with van der Waals surface area (Å²) in [5.74, 6) is 0. The summed E-state index contributed by atoms with van der Waals surface area (Å²) in [4.78, 5) is 0. The fourth-order valence-corrected chi connectivity index (χ4v) is 0. The standard InChI is InChI=1S/C2H6NO2/c3-1-2(4)5/h2,4H,1,3H2. The highest BCUT2D eigenvalue weighted by molar-refractivity contribution is 4.28. The highest BCUT2D eigenvalue weighted by Gasteiger charge is 1.87. The molecule has 0 aromatic carbocycles. The molecule has 1 unspecified atom stereocenters. The van der Waals surface area contributed by atoms with Gasteiger partial charge in [-0.1, -0.05) is 0 Å². The molecule has 5 heavy (non-hydrogen) atoms. The van der Waals surface area contributed by atoms with Gasteiger partial charge in [-0.2, -0.15) is 0 Å². The van der Waals surface area contributed by atoms with Crippen molar-refractivity contribution in [1.82, 2.24) is 0 Å². The van der Waals surface area contributed by atoms with Crippen LogP contribution in [-0.4, -0.2) is 17.9 Å². The van der Waals surface area contributed by atoms with Crippen molar-refractivity contribution >= 4 is 0 Å². The summed E-state index contributed by atoms with van der Waals surface area (Å²) < 4.78 is 0. The van der Waals surface area contributed by atoms with E-state index in [0.29, 0.717) is 0 Å². The number of aliphatic hydroxyl groups is 1. The molecule has 0 amide bonds. The van der Waals surface area contributed by atoms with E-state index in [9.17, 15) is 5.11 Å². The first kappa shape index (κ1) is 4.88. The minimum absolute atomic E-state index is 0.194. The number of hydrogen-bond donors (Lipinski definition) is 2. The van der Waals surface area contributed by atoms with Crippen molar-refractivity contribution in [1.29, 1.82) is 0 Å². The Kier molecular flexibility index (Phi) is 2.09. The molecule has 0 aromatic rings. The number of hydrogen-bond acceptors (Lipinski definition) is 2. The Morgan fingerprint density at radius 1 is 2.00 bits per heavy atom. The molecular formula is C2H6NO2. The van der Waals surface area contributed by atoms with E-state index < -0.39 is 6.29 Å². The zero-order chi connectivity index (χ0) is 4.28. The van der Waals surface area contributed by atoms with E-state index in [0.717, 1.165) is 0 Å². The molecule has 3 heteroatoms. The maximum Gasteiger partial charge on any atom is 0.201 e. The summed E-state index contributed by atoms with van der Waals surface area (Å²) in [6, 6.07) is 0. The molecule has 3 N–H and O–H groups in total. The molecule has 1 radical (unpaired) electrons. The molecule has 0 aliphatic carbocycles. The van der Waals surface area contributed by atoms with Crippen molar-refractivity contribution in [2.45, 2.75) is 6.29 Å². The van der Waals surface area contributed by atoms with Gasteiger partial charge < -0.3 is 10.8 Å². The Morgan fingerprint density at radius 2 is 2.20 bits per heavy atom. The van der Waals surface area contributed by atoms with Gasteiger partial charge in [0.2, 0.25) is 6.29 Å². The van der Waals surface area contributed by atoms with Crippen LogP contribution < -0.4 is 5.73 Å². The quantitative estimate of drug-likeness (QED) is 0.381. The van der Waals surface area contributed by atoms with Crippen LogP contribution in [0.25, 0.3) is 0 Å². The molecule has 31 valence electrons. The van der Waals surface area contributed by atoms with Gasteiger partial charge in [0.25, 0.3) is 0 Å². The van der Waals surface area contributed by atoms with Gasteiger partial charge in [-0.15, -0.1) is 0 Å². The van der Waals surface area contributed by atoms with Gasteiger partial charge in [0, 0.05) is 6.54 Å². The van der Waals surface area contributed by atoms with Gasteiger partial charge >= 0.3 is 0 Å². The first-order valence-corrected chi connectivity index (χ1v) is 1.31. The summed E-state index contributed by atoms with van der Waals surface area (Å²) >= 11 is 0. The van der Waals surface area contributed by atoms with E-state index in [2.05, 4.69) is 5.73 Å². The van der Waals surface area contributed by atoms with Gasteiger partial charge in [-0.25, -0.2) is 5.11 Å². The molecule has 0 bridgehead atoms. The average molecular weight is 76.1 g/mol. The van der Waals surface area contributed by atoms with Crippen molar-refractivity contribution in [2.75, 3.05) is 6.54 Å². The fraction of sp³-hybridized carbons (Fsp3) is 1.00. The second-order valence-corrected chi connectivity index (χ2v) is 0.690. The molecule has 3 nitrogen and oxygen atoms in total. The number of rotatable bonds is 1. The lowest BCUT2D eigenvalue weighted by atomic mass is 10.7. The van der Waals surface area contributed by atoms with Crippen LogP contribution in [0.4, 0.5) is 0 Å². The third-order valence-electron chi connectivity index (χ3n) is 0.202. The summed E-state index contributed by atoms with van der Waals surface area (Å²) in [6.45, 7) is -0.194. The normalized spacial score (nSPS) is 9.60. The minimum atomic E-state index is -1.59. The maximum atomic E-state index is 9.33. The van der Waals surface area contributed by atoms with Gasteiger partial charge in [-0.3, -0.25) is 0 Å². The Labute approximate surface area is 30.0 Å². The Bertz CT molecular complexity index is 21.6. The highest BCUT2D eigenvalue weighted by Crippen LogP contribution is 1.61. The maximum absolute atomic E-state index is 9.33. The highest BCUT2D eigenvalue weighted by atomic mass is 16.5. The second-order valence-electron chi connectivity index (χ2n) is 0.690. The molecule has 0 heterocycles. The predicted octanol–water partition coefficient (Wildman–Crippen LogP) is -1.31. The van der Waals surface area contributed by atoms with Crippen molar-refractivity contribution in [3.05, 3.63) is 0 Å². The van der Waals surface area contributed by atoms with Crippen molar-refractivity contribution in [3.8, 4) is 0 Å². The van der Waals surface area contributed by atoms with Gasteiger partial charge in [0.1, 0.15) is 0 Å². The van der Waals surface area contributed by atoms with Gasteiger partial charge in [-0.05, 0) is 0 Å². The van der Waals surface area contributed by atoms with Crippen LogP contribution >= 0.6 is 0 Å². The van der Waals surface area contributed by atoms with Crippen molar-refractivity contribution in [3.63, 3.8) is 0 Å². The molecule has 0 aromatic heterocycles. The summed E-state index contributed by atoms with van der Waals surface area (Å²) in [7, 11) is 0. The smallest absolute Gasteiger partial charge is 0.201 e.